The lowest BCUT2D eigenvalue weighted by Gasteiger charge is -2.30. The zero-order valence-corrected chi connectivity index (χ0v) is 22.1. The number of amides is 1. The van der Waals surface area contributed by atoms with Crippen molar-refractivity contribution in [3.63, 3.8) is 0 Å². The van der Waals surface area contributed by atoms with Crippen LogP contribution in [0.2, 0.25) is 5.02 Å². The van der Waals surface area contributed by atoms with Gasteiger partial charge in [-0.05, 0) is 49.6 Å². The topological polar surface area (TPSA) is 112 Å². The highest BCUT2D eigenvalue weighted by Gasteiger charge is 2.45. The molecule has 0 saturated heterocycles. The number of carbonyl (C=O) groups excluding carboxylic acids is 1. The number of carbonyl (C=O) groups is 1. The van der Waals surface area contributed by atoms with Crippen molar-refractivity contribution in [3.8, 4) is 5.75 Å². The van der Waals surface area contributed by atoms with Gasteiger partial charge < -0.3 is 24.8 Å². The van der Waals surface area contributed by atoms with Crippen LogP contribution in [0.25, 0.3) is 5.57 Å². The van der Waals surface area contributed by atoms with Crippen LogP contribution in [-0.4, -0.2) is 42.8 Å². The summed E-state index contributed by atoms with van der Waals surface area (Å²) in [6.07, 6.45) is 2.79. The number of hydrogen-bond acceptors (Lipinski definition) is 7. The van der Waals surface area contributed by atoms with Gasteiger partial charge in [-0.25, -0.2) is 10.8 Å². The molecule has 5 rings (SSSR count). The number of anilines is 3. The molecule has 1 aromatic heterocycles. The highest BCUT2D eigenvalue weighted by molar-refractivity contribution is 6.30. The lowest BCUT2D eigenvalue weighted by Crippen LogP contribution is -2.32. The molecule has 1 amide bonds. The maximum Gasteiger partial charge on any atom is 0.279 e. The molecule has 0 fully saturated rings. The molecule has 3 heterocycles. The summed E-state index contributed by atoms with van der Waals surface area (Å²) in [4.78, 5) is 20.8. The first kappa shape index (κ1) is 25.1. The second-order valence-corrected chi connectivity index (χ2v) is 9.94. The summed E-state index contributed by atoms with van der Waals surface area (Å²) in [5, 5.41) is 2.03. The summed E-state index contributed by atoms with van der Waals surface area (Å²) in [5.41, 5.74) is 11.1. The normalized spacial score (nSPS) is 17.3. The monoisotopic (exact) mass is 522 g/mol. The largest absolute Gasteiger partial charge is 0.494 e. The van der Waals surface area contributed by atoms with Gasteiger partial charge >= 0.3 is 0 Å². The maximum absolute atomic E-state index is 14.1. The Morgan fingerprint density at radius 2 is 1.97 bits per heavy atom. The molecule has 0 spiro atoms. The Bertz CT molecular complexity index is 1380. The van der Waals surface area contributed by atoms with Gasteiger partial charge in [0.05, 0.1) is 43.1 Å². The van der Waals surface area contributed by atoms with Gasteiger partial charge in [0, 0.05) is 24.2 Å². The maximum atomic E-state index is 14.1. The third-order valence-electron chi connectivity index (χ3n) is 6.82. The van der Waals surface area contributed by atoms with Gasteiger partial charge in [0.25, 0.3) is 5.91 Å². The Morgan fingerprint density at radius 1 is 1.24 bits per heavy atom. The van der Waals surface area contributed by atoms with Gasteiger partial charge in [0.15, 0.2) is 5.69 Å². The fourth-order valence-electron chi connectivity index (χ4n) is 5.11. The number of ether oxygens (including phenoxy) is 2. The van der Waals surface area contributed by atoms with Gasteiger partial charge in [-0.1, -0.05) is 29.8 Å². The van der Waals surface area contributed by atoms with Crippen LogP contribution in [0.15, 0.2) is 42.5 Å². The van der Waals surface area contributed by atoms with Crippen molar-refractivity contribution in [1.29, 1.82) is 0 Å². The summed E-state index contributed by atoms with van der Waals surface area (Å²) in [6.45, 7) is 5.37. The second-order valence-electron chi connectivity index (χ2n) is 9.51. The van der Waals surface area contributed by atoms with E-state index in [-0.39, 0.29) is 11.9 Å². The van der Waals surface area contributed by atoms with Crippen molar-refractivity contribution < 1.29 is 14.3 Å². The van der Waals surface area contributed by atoms with Crippen LogP contribution in [0.3, 0.4) is 0 Å². The van der Waals surface area contributed by atoms with Crippen LogP contribution in [0.5, 0.6) is 5.75 Å². The fraction of sp³-hybridized carbons (Fsp3) is 0.333. The third kappa shape index (κ3) is 4.22. The standard InChI is InChI=1S/C27H31ClN6O3/c1-15(2)33-25-23(31-26(33)17-9-11-37-12-10-17)27(35)34(24(25)16-5-7-18(28)8-6-16)19-13-20(32(3)30)22(29)21(14-19)36-4/h5-9,13-15,24H,10-12,29-30H2,1-4H3. The number of nitrogens with two attached hydrogens (primary N) is 2. The number of halogens is 1. The van der Waals surface area contributed by atoms with E-state index in [4.69, 9.17) is 37.6 Å². The average molecular weight is 523 g/mol. The molecule has 0 saturated carbocycles. The number of aromatic nitrogens is 2. The highest BCUT2D eigenvalue weighted by atomic mass is 35.5. The molecule has 3 aromatic rings. The predicted octanol–water partition coefficient (Wildman–Crippen LogP) is 4.57. The van der Waals surface area contributed by atoms with Crippen molar-refractivity contribution in [1.82, 2.24) is 9.55 Å². The molecule has 9 nitrogen and oxygen atoms in total. The van der Waals surface area contributed by atoms with E-state index in [9.17, 15) is 4.79 Å². The lowest BCUT2D eigenvalue weighted by molar-refractivity contribution is 0.0989. The first-order valence-electron chi connectivity index (χ1n) is 12.2. The van der Waals surface area contributed by atoms with Gasteiger partial charge in [0.1, 0.15) is 17.6 Å². The van der Waals surface area contributed by atoms with Crippen LogP contribution < -0.4 is 26.2 Å². The fourth-order valence-corrected chi connectivity index (χ4v) is 5.24. The molecule has 37 heavy (non-hydrogen) atoms. The Balaban J connectivity index is 1.76. The van der Waals surface area contributed by atoms with Crippen molar-refractivity contribution in [2.75, 3.05) is 43.0 Å². The quantitative estimate of drug-likeness (QED) is 0.277. The molecule has 2 aliphatic heterocycles. The summed E-state index contributed by atoms with van der Waals surface area (Å²) < 4.78 is 13.2. The highest BCUT2D eigenvalue weighted by Crippen LogP contribution is 2.47. The van der Waals surface area contributed by atoms with Crippen LogP contribution >= 0.6 is 11.6 Å². The first-order chi connectivity index (χ1) is 17.7. The third-order valence-corrected chi connectivity index (χ3v) is 7.07. The molecular formula is C27H31ClN6O3. The minimum atomic E-state index is -0.451. The van der Waals surface area contributed by atoms with E-state index in [1.165, 1.54) is 12.1 Å². The van der Waals surface area contributed by atoms with Crippen molar-refractivity contribution in [2.45, 2.75) is 32.4 Å². The smallest absolute Gasteiger partial charge is 0.279 e. The minimum absolute atomic E-state index is 0.0595. The molecule has 10 heteroatoms. The second kappa shape index (κ2) is 9.74. The number of benzene rings is 2. The van der Waals surface area contributed by atoms with Gasteiger partial charge in [-0.3, -0.25) is 9.69 Å². The molecule has 194 valence electrons. The van der Waals surface area contributed by atoms with Crippen molar-refractivity contribution >= 4 is 40.1 Å². The number of rotatable bonds is 6. The molecule has 4 N–H and O–H groups in total. The Hall–Kier alpha value is -3.53. The average Bonchev–Trinajstić information content (AvgIpc) is 3.40. The predicted molar refractivity (Wildman–Crippen MR) is 146 cm³/mol. The van der Waals surface area contributed by atoms with Gasteiger partial charge in [-0.2, -0.15) is 0 Å². The Morgan fingerprint density at radius 3 is 2.57 bits per heavy atom. The number of hydrogen-bond donors (Lipinski definition) is 2. The summed E-state index contributed by atoms with van der Waals surface area (Å²) in [6, 6.07) is 10.7. The zero-order chi connectivity index (χ0) is 26.4. The van der Waals surface area contributed by atoms with Crippen LogP contribution in [0.1, 0.15) is 59.9 Å². The van der Waals surface area contributed by atoms with Crippen molar-refractivity contribution in [2.24, 2.45) is 5.84 Å². The molecule has 1 unspecified atom stereocenters. The van der Waals surface area contributed by atoms with E-state index >= 15 is 0 Å². The van der Waals surface area contributed by atoms with Crippen molar-refractivity contribution in [3.05, 3.63) is 70.3 Å². The molecule has 2 aliphatic rings. The minimum Gasteiger partial charge on any atom is -0.494 e. The zero-order valence-electron chi connectivity index (χ0n) is 21.4. The Kier molecular flexibility index (Phi) is 6.61. The van der Waals surface area contributed by atoms with E-state index in [0.717, 1.165) is 29.1 Å². The van der Waals surface area contributed by atoms with E-state index in [1.54, 1.807) is 24.1 Å². The Labute approximate surface area is 221 Å². The molecule has 0 bridgehead atoms. The lowest BCUT2D eigenvalue weighted by atomic mass is 10.0. The number of imidazole rings is 1. The van der Waals surface area contributed by atoms with Gasteiger partial charge in [-0.15, -0.1) is 0 Å². The molecule has 0 radical (unpaired) electrons. The number of fused-ring (bicyclic) bond motifs is 1. The number of hydrazine groups is 1. The summed E-state index contributed by atoms with van der Waals surface area (Å²) in [7, 11) is 3.23. The van der Waals surface area contributed by atoms with Gasteiger partial charge in [0.2, 0.25) is 0 Å². The molecule has 1 atom stereocenters. The van der Waals surface area contributed by atoms with E-state index < -0.39 is 6.04 Å². The molecule has 2 aromatic carbocycles. The summed E-state index contributed by atoms with van der Waals surface area (Å²) >= 11 is 6.23. The number of nitrogens with zero attached hydrogens (tertiary/aromatic N) is 4. The number of methoxy groups -OCH3 is 1. The molecular weight excluding hydrogens is 492 g/mol. The van der Waals surface area contributed by atoms with E-state index in [0.29, 0.717) is 46.7 Å². The molecule has 0 aliphatic carbocycles. The van der Waals surface area contributed by atoms with Crippen LogP contribution in [0.4, 0.5) is 17.1 Å². The van der Waals surface area contributed by atoms with E-state index in [2.05, 4.69) is 18.4 Å². The summed E-state index contributed by atoms with van der Waals surface area (Å²) in [5.74, 6) is 7.11. The first-order valence-corrected chi connectivity index (χ1v) is 12.5. The SMILES string of the molecule is COc1cc(N2C(=O)c3nc(C4=CCOCC4)n(C(C)C)c3C2c2ccc(Cl)cc2)cc(N(C)N)c1N. The van der Waals surface area contributed by atoms with Crippen LogP contribution in [0, 0.1) is 0 Å². The van der Waals surface area contributed by atoms with Crippen LogP contribution in [-0.2, 0) is 4.74 Å². The number of nitrogen functional groups attached to an aromatic ring is 1. The van der Waals surface area contributed by atoms with E-state index in [1.807, 2.05) is 30.3 Å².